The molecular formula is C34H31F2N3O4S. The number of nitrogens with zero attached hydrogens (tertiary/aromatic N) is 3. The van der Waals surface area contributed by atoms with Crippen LogP contribution in [0.4, 0.5) is 8.78 Å². The van der Waals surface area contributed by atoms with E-state index in [1.54, 1.807) is 21.8 Å². The van der Waals surface area contributed by atoms with Crippen molar-refractivity contribution in [2.45, 2.75) is 42.1 Å². The Labute approximate surface area is 258 Å². The second-order valence-electron chi connectivity index (χ2n) is 11.2. The fourth-order valence-electron chi connectivity index (χ4n) is 6.40. The van der Waals surface area contributed by atoms with Crippen molar-refractivity contribution < 1.29 is 23.0 Å². The summed E-state index contributed by atoms with van der Waals surface area (Å²) in [6.45, 7) is 3.18. The molecule has 3 aliphatic rings. The number of halogens is 2. The molecule has 0 unspecified atom stereocenters. The van der Waals surface area contributed by atoms with Crippen LogP contribution in [0.2, 0.25) is 0 Å². The van der Waals surface area contributed by atoms with Crippen LogP contribution in [0.25, 0.3) is 0 Å². The van der Waals surface area contributed by atoms with E-state index in [4.69, 9.17) is 9.47 Å². The first kappa shape index (κ1) is 28.6. The van der Waals surface area contributed by atoms with E-state index in [9.17, 15) is 14.0 Å². The number of hydrogen-bond donors (Lipinski definition) is 0. The van der Waals surface area contributed by atoms with E-state index >= 15 is 4.39 Å². The van der Waals surface area contributed by atoms with Crippen molar-refractivity contribution >= 4 is 17.7 Å². The van der Waals surface area contributed by atoms with Gasteiger partial charge in [0.2, 0.25) is 5.43 Å². The van der Waals surface area contributed by atoms with Crippen molar-refractivity contribution in [3.63, 3.8) is 0 Å². The summed E-state index contributed by atoms with van der Waals surface area (Å²) in [7, 11) is 0. The maximum atomic E-state index is 15.4. The molecule has 44 heavy (non-hydrogen) atoms. The number of fused-ring (bicyclic) bond motifs is 4. The number of thioether (sulfide) groups is 1. The number of amides is 1. The number of aromatic nitrogens is 1. The van der Waals surface area contributed by atoms with E-state index < -0.39 is 29.3 Å². The standard InChI is InChI=1S/C34H31F2N3O4S/c1-21(22-7-3-2-4-8-22)14-17-43-33-27(40)13-15-38-32(33)34(41)37-16-18-42-19-29(37)39(38)31-23-11-12-26(35)30(36)25(23)20-44-28-10-6-5-9-24(28)31/h2-13,15,21,29,31H,14,16-20H2,1H3/t21-,29-,31+/m1/s1. The molecule has 0 N–H and O–H groups in total. The molecule has 7 rings (SSSR count). The van der Waals surface area contributed by atoms with Gasteiger partial charge in [-0.25, -0.2) is 8.78 Å². The van der Waals surface area contributed by atoms with Crippen molar-refractivity contribution in [1.29, 1.82) is 0 Å². The van der Waals surface area contributed by atoms with Crippen LogP contribution >= 0.6 is 11.8 Å². The Morgan fingerprint density at radius 3 is 2.64 bits per heavy atom. The molecule has 3 aliphatic heterocycles. The Hall–Kier alpha value is -4.15. The van der Waals surface area contributed by atoms with Crippen LogP contribution in [0.1, 0.15) is 58.0 Å². The maximum absolute atomic E-state index is 15.4. The second-order valence-corrected chi connectivity index (χ2v) is 12.3. The fourth-order valence-corrected chi connectivity index (χ4v) is 7.51. The Bertz CT molecular complexity index is 1780. The van der Waals surface area contributed by atoms with Gasteiger partial charge in [-0.1, -0.05) is 61.5 Å². The first-order valence-electron chi connectivity index (χ1n) is 14.7. The van der Waals surface area contributed by atoms with Crippen molar-refractivity contribution in [3.05, 3.63) is 129 Å². The number of ether oxygens (including phenoxy) is 2. The van der Waals surface area contributed by atoms with Gasteiger partial charge in [0.05, 0.1) is 25.9 Å². The van der Waals surface area contributed by atoms with Crippen LogP contribution in [0.15, 0.2) is 88.7 Å². The summed E-state index contributed by atoms with van der Waals surface area (Å²) < 4.78 is 43.7. The summed E-state index contributed by atoms with van der Waals surface area (Å²) in [4.78, 5) is 30.0. The average Bonchev–Trinajstić information content (AvgIpc) is 3.22. The predicted octanol–water partition coefficient (Wildman–Crippen LogP) is 5.84. The lowest BCUT2D eigenvalue weighted by Gasteiger charge is -2.51. The van der Waals surface area contributed by atoms with Gasteiger partial charge in [0.15, 0.2) is 23.1 Å². The quantitative estimate of drug-likeness (QED) is 0.272. The zero-order valence-corrected chi connectivity index (χ0v) is 24.9. The Balaban J connectivity index is 1.36. The summed E-state index contributed by atoms with van der Waals surface area (Å²) in [5, 5.41) is 1.95. The van der Waals surface area contributed by atoms with Crippen molar-refractivity contribution in [3.8, 4) is 5.75 Å². The number of morpholine rings is 1. The molecule has 4 heterocycles. The largest absolute Gasteiger partial charge is 0.487 e. The SMILES string of the molecule is C[C@H](CCOc1c2n(ccc1=O)N([C@@H]1c3ccccc3SCc3c1ccc(F)c3F)[C@@H]1COCCN1C2=O)c1ccccc1. The Morgan fingerprint density at radius 2 is 1.80 bits per heavy atom. The first-order valence-corrected chi connectivity index (χ1v) is 15.7. The molecule has 1 aromatic heterocycles. The molecule has 0 spiro atoms. The molecule has 3 atom stereocenters. The monoisotopic (exact) mass is 615 g/mol. The van der Waals surface area contributed by atoms with Gasteiger partial charge in [0.25, 0.3) is 5.91 Å². The van der Waals surface area contributed by atoms with Gasteiger partial charge in [0.1, 0.15) is 6.17 Å². The number of rotatable bonds is 6. The second kappa shape index (κ2) is 11.7. The van der Waals surface area contributed by atoms with Gasteiger partial charge in [-0.15, -0.1) is 11.8 Å². The molecule has 1 amide bonds. The number of benzene rings is 3. The van der Waals surface area contributed by atoms with E-state index in [0.717, 1.165) is 22.1 Å². The molecule has 7 nitrogen and oxygen atoms in total. The van der Waals surface area contributed by atoms with Gasteiger partial charge >= 0.3 is 0 Å². The number of pyridine rings is 1. The summed E-state index contributed by atoms with van der Waals surface area (Å²) in [5.74, 6) is -1.71. The highest BCUT2D eigenvalue weighted by atomic mass is 32.2. The molecule has 0 bridgehead atoms. The highest BCUT2D eigenvalue weighted by molar-refractivity contribution is 7.98. The van der Waals surface area contributed by atoms with Gasteiger partial charge < -0.3 is 14.4 Å². The lowest BCUT2D eigenvalue weighted by Crippen LogP contribution is -2.66. The molecule has 3 aromatic carbocycles. The molecule has 226 valence electrons. The predicted molar refractivity (Wildman–Crippen MR) is 164 cm³/mol. The maximum Gasteiger partial charge on any atom is 0.278 e. The topological polar surface area (TPSA) is 64.0 Å². The molecule has 4 aromatic rings. The van der Waals surface area contributed by atoms with Crippen LogP contribution in [-0.2, 0) is 10.5 Å². The Morgan fingerprint density at radius 1 is 1.00 bits per heavy atom. The molecule has 0 aliphatic carbocycles. The number of carbonyl (C=O) groups excluding carboxylic acids is 1. The summed E-state index contributed by atoms with van der Waals surface area (Å²) in [6, 6.07) is 21.4. The first-order chi connectivity index (χ1) is 21.4. The van der Waals surface area contributed by atoms with Gasteiger partial charge in [-0.3, -0.25) is 19.3 Å². The zero-order chi connectivity index (χ0) is 30.4. The van der Waals surface area contributed by atoms with Crippen LogP contribution in [0.5, 0.6) is 5.75 Å². The molecule has 0 radical (unpaired) electrons. The summed E-state index contributed by atoms with van der Waals surface area (Å²) >= 11 is 1.44. The third-order valence-electron chi connectivity index (χ3n) is 8.70. The smallest absolute Gasteiger partial charge is 0.278 e. The number of hydrogen-bond acceptors (Lipinski definition) is 6. The van der Waals surface area contributed by atoms with Crippen LogP contribution < -0.4 is 15.2 Å². The lowest BCUT2D eigenvalue weighted by atomic mass is 9.93. The summed E-state index contributed by atoms with van der Waals surface area (Å²) in [5.41, 5.74) is 2.62. The number of carbonyl (C=O) groups is 1. The van der Waals surface area contributed by atoms with Crippen molar-refractivity contribution in [2.24, 2.45) is 0 Å². The Kier molecular flexibility index (Phi) is 7.63. The zero-order valence-electron chi connectivity index (χ0n) is 24.1. The average molecular weight is 616 g/mol. The van der Waals surface area contributed by atoms with E-state index in [1.807, 2.05) is 47.5 Å². The van der Waals surface area contributed by atoms with E-state index in [-0.39, 0.29) is 47.8 Å². The van der Waals surface area contributed by atoms with Gasteiger partial charge in [-0.2, -0.15) is 0 Å². The highest BCUT2D eigenvalue weighted by Gasteiger charge is 2.46. The minimum absolute atomic E-state index is 0.0190. The lowest BCUT2D eigenvalue weighted by molar-refractivity contribution is -0.0198. The van der Waals surface area contributed by atoms with E-state index in [2.05, 4.69) is 19.1 Å². The van der Waals surface area contributed by atoms with Crippen LogP contribution in [0, 0.1) is 11.6 Å². The molecular weight excluding hydrogens is 584 g/mol. The van der Waals surface area contributed by atoms with Crippen molar-refractivity contribution in [2.75, 3.05) is 31.4 Å². The third-order valence-corrected chi connectivity index (χ3v) is 9.81. The van der Waals surface area contributed by atoms with E-state index in [1.165, 1.54) is 17.8 Å². The third kappa shape index (κ3) is 4.86. The normalized spacial score (nSPS) is 19.8. The molecule has 1 saturated heterocycles. The highest BCUT2D eigenvalue weighted by Crippen LogP contribution is 2.45. The molecule has 10 heteroatoms. The van der Waals surface area contributed by atoms with Crippen molar-refractivity contribution in [1.82, 2.24) is 9.58 Å². The molecule has 0 saturated carbocycles. The van der Waals surface area contributed by atoms with Crippen LogP contribution in [0.3, 0.4) is 0 Å². The van der Waals surface area contributed by atoms with Gasteiger partial charge in [0, 0.05) is 35.0 Å². The minimum atomic E-state index is -0.907. The minimum Gasteiger partial charge on any atom is -0.487 e. The summed E-state index contributed by atoms with van der Waals surface area (Å²) in [6.07, 6.45) is 1.64. The van der Waals surface area contributed by atoms with Crippen LogP contribution in [-0.4, -0.2) is 48.0 Å². The van der Waals surface area contributed by atoms with E-state index in [0.29, 0.717) is 25.1 Å². The van der Waals surface area contributed by atoms with Gasteiger partial charge in [-0.05, 0) is 41.2 Å². The molecule has 1 fully saturated rings. The fraction of sp³-hybridized carbons (Fsp3) is 0.294.